The van der Waals surface area contributed by atoms with Crippen molar-refractivity contribution in [3.05, 3.63) is 24.3 Å². The zero-order valence-electron chi connectivity index (χ0n) is 12.1. The molecule has 6 atom stereocenters. The van der Waals surface area contributed by atoms with Crippen LogP contribution in [0.25, 0.3) is 0 Å². The smallest absolute Gasteiger partial charge is 0.335 e. The van der Waals surface area contributed by atoms with Crippen molar-refractivity contribution in [1.29, 1.82) is 0 Å². The molecule has 0 spiro atoms. The Kier molecular flexibility index (Phi) is 4.39. The van der Waals surface area contributed by atoms with Crippen molar-refractivity contribution >= 4 is 17.6 Å². The number of hydrogen-bond acceptors (Lipinski definition) is 8. The Morgan fingerprint density at radius 1 is 1.12 bits per heavy atom. The lowest BCUT2D eigenvalue weighted by molar-refractivity contribution is -0.316. The molecule has 10 nitrogen and oxygen atoms in total. The zero-order chi connectivity index (χ0) is 17.4. The quantitative estimate of drug-likeness (QED) is 0.430. The van der Waals surface area contributed by atoms with Crippen LogP contribution in [0.3, 0.4) is 0 Å². The van der Waals surface area contributed by atoms with E-state index in [1.807, 2.05) is 0 Å². The van der Waals surface area contributed by atoms with E-state index in [1.54, 1.807) is 24.3 Å². The van der Waals surface area contributed by atoms with Crippen LogP contribution in [0.1, 0.15) is 0 Å². The lowest BCUT2D eigenvalue weighted by Gasteiger charge is -2.39. The SMILES string of the molecule is O=C1Nc2ccccc2OC1O[C@H]1O[C@@H](C(=O)O)C(O)[C@@H](O)C1O. The Bertz CT molecular complexity index is 651. The Morgan fingerprint density at radius 2 is 1.83 bits per heavy atom. The van der Waals surface area contributed by atoms with Crippen molar-refractivity contribution in [3.63, 3.8) is 0 Å². The summed E-state index contributed by atoms with van der Waals surface area (Å²) in [7, 11) is 0. The molecule has 2 aliphatic rings. The number of nitrogens with one attached hydrogen (secondary N) is 1. The number of carbonyl (C=O) groups excluding carboxylic acids is 1. The van der Waals surface area contributed by atoms with E-state index in [-0.39, 0.29) is 0 Å². The number of ether oxygens (including phenoxy) is 3. The van der Waals surface area contributed by atoms with Gasteiger partial charge >= 0.3 is 5.97 Å². The van der Waals surface area contributed by atoms with Gasteiger partial charge in [-0.15, -0.1) is 0 Å². The van der Waals surface area contributed by atoms with Crippen molar-refractivity contribution in [2.75, 3.05) is 5.32 Å². The predicted molar refractivity (Wildman–Crippen MR) is 74.9 cm³/mol. The van der Waals surface area contributed by atoms with E-state index in [4.69, 9.17) is 19.3 Å². The molecule has 1 fully saturated rings. The monoisotopic (exact) mass is 341 g/mol. The number of hydrogen-bond donors (Lipinski definition) is 5. The summed E-state index contributed by atoms with van der Waals surface area (Å²) in [6.45, 7) is 0. The number of aliphatic hydroxyl groups excluding tert-OH is 3. The number of aliphatic hydroxyl groups is 3. The second-order valence-corrected chi connectivity index (χ2v) is 5.31. The number of para-hydroxylation sites is 2. The van der Waals surface area contributed by atoms with E-state index in [0.717, 1.165) is 0 Å². The van der Waals surface area contributed by atoms with Crippen LogP contribution in [0.2, 0.25) is 0 Å². The summed E-state index contributed by atoms with van der Waals surface area (Å²) in [5.41, 5.74) is 0.423. The van der Waals surface area contributed by atoms with Crippen LogP contribution in [0.4, 0.5) is 5.69 Å². The first-order chi connectivity index (χ1) is 11.4. The largest absolute Gasteiger partial charge is 0.479 e. The number of fused-ring (bicyclic) bond motifs is 1. The van der Waals surface area contributed by atoms with Gasteiger partial charge in [0.1, 0.15) is 24.1 Å². The summed E-state index contributed by atoms with van der Waals surface area (Å²) >= 11 is 0. The maximum absolute atomic E-state index is 12.0. The van der Waals surface area contributed by atoms with Gasteiger partial charge in [-0.25, -0.2) is 4.79 Å². The lowest BCUT2D eigenvalue weighted by Crippen LogP contribution is -2.61. The molecular formula is C14H15NO9. The van der Waals surface area contributed by atoms with Gasteiger partial charge < -0.3 is 40.0 Å². The van der Waals surface area contributed by atoms with Crippen LogP contribution < -0.4 is 10.1 Å². The maximum atomic E-state index is 12.0. The van der Waals surface area contributed by atoms with Crippen molar-refractivity contribution in [1.82, 2.24) is 0 Å². The standard InChI is InChI=1S/C14H15NO9/c16-7-8(17)10(12(20)21)23-13(9(7)18)24-14-11(19)15-5-3-1-2-4-6(5)22-14/h1-4,7-10,13-14,16-18H,(H,15,19)(H,20,21)/t7-,8?,9?,10-,13-,14?/m1/s1. The van der Waals surface area contributed by atoms with Gasteiger partial charge in [-0.2, -0.15) is 0 Å². The Morgan fingerprint density at radius 3 is 2.54 bits per heavy atom. The summed E-state index contributed by atoms with van der Waals surface area (Å²) < 4.78 is 15.4. The summed E-state index contributed by atoms with van der Waals surface area (Å²) in [4.78, 5) is 23.0. The Labute approximate surface area is 135 Å². The second-order valence-electron chi connectivity index (χ2n) is 5.31. The van der Waals surface area contributed by atoms with E-state index in [1.165, 1.54) is 0 Å². The number of amides is 1. The zero-order valence-corrected chi connectivity index (χ0v) is 12.1. The van der Waals surface area contributed by atoms with Crippen LogP contribution in [-0.2, 0) is 19.1 Å². The fourth-order valence-electron chi connectivity index (χ4n) is 2.41. The van der Waals surface area contributed by atoms with Crippen LogP contribution in [0, 0.1) is 0 Å². The molecule has 10 heteroatoms. The molecule has 2 heterocycles. The van der Waals surface area contributed by atoms with Gasteiger partial charge in [0, 0.05) is 0 Å². The number of rotatable bonds is 3. The molecular weight excluding hydrogens is 326 g/mol. The highest BCUT2D eigenvalue weighted by Gasteiger charge is 2.49. The van der Waals surface area contributed by atoms with Crippen LogP contribution >= 0.6 is 0 Å². The number of benzene rings is 1. The molecule has 3 unspecified atom stereocenters. The fourth-order valence-corrected chi connectivity index (χ4v) is 2.41. The maximum Gasteiger partial charge on any atom is 0.335 e. The molecule has 1 saturated heterocycles. The van der Waals surface area contributed by atoms with Crippen molar-refractivity contribution < 1.29 is 44.2 Å². The molecule has 0 aliphatic carbocycles. The number of anilines is 1. The van der Waals surface area contributed by atoms with Crippen molar-refractivity contribution in [2.45, 2.75) is 37.0 Å². The van der Waals surface area contributed by atoms with Gasteiger partial charge in [-0.1, -0.05) is 12.1 Å². The Hall–Kier alpha value is -2.24. The minimum Gasteiger partial charge on any atom is -0.479 e. The molecule has 0 saturated carbocycles. The third kappa shape index (κ3) is 2.92. The molecule has 0 bridgehead atoms. The minimum absolute atomic E-state index is 0.308. The molecule has 0 radical (unpaired) electrons. The summed E-state index contributed by atoms with van der Waals surface area (Å²) in [5.74, 6) is -1.94. The molecule has 2 aliphatic heterocycles. The van der Waals surface area contributed by atoms with Gasteiger partial charge in [-0.05, 0) is 12.1 Å². The van der Waals surface area contributed by atoms with Crippen molar-refractivity contribution in [2.24, 2.45) is 0 Å². The normalized spacial score (nSPS) is 35.5. The highest BCUT2D eigenvalue weighted by Crippen LogP contribution is 2.31. The molecule has 1 aromatic carbocycles. The molecule has 1 aromatic rings. The number of carboxylic acids is 1. The highest BCUT2D eigenvalue weighted by atomic mass is 16.8. The third-order valence-corrected chi connectivity index (χ3v) is 3.66. The number of aliphatic carboxylic acids is 1. The second kappa shape index (κ2) is 6.34. The summed E-state index contributed by atoms with van der Waals surface area (Å²) in [6, 6.07) is 6.53. The van der Waals surface area contributed by atoms with E-state index < -0.39 is 48.9 Å². The van der Waals surface area contributed by atoms with Gasteiger partial charge in [0.25, 0.3) is 12.2 Å². The van der Waals surface area contributed by atoms with Gasteiger partial charge in [0.05, 0.1) is 5.69 Å². The molecule has 1 amide bonds. The molecule has 130 valence electrons. The topological polar surface area (TPSA) is 155 Å². The lowest BCUT2D eigenvalue weighted by atomic mass is 9.99. The van der Waals surface area contributed by atoms with Gasteiger partial charge in [-0.3, -0.25) is 4.79 Å². The van der Waals surface area contributed by atoms with Crippen LogP contribution in [0.15, 0.2) is 24.3 Å². The van der Waals surface area contributed by atoms with Crippen LogP contribution in [0.5, 0.6) is 5.75 Å². The highest BCUT2D eigenvalue weighted by molar-refractivity contribution is 5.96. The Balaban J connectivity index is 1.75. The van der Waals surface area contributed by atoms with E-state index in [9.17, 15) is 24.9 Å². The summed E-state index contributed by atoms with van der Waals surface area (Å²) in [5, 5.41) is 40.7. The van der Waals surface area contributed by atoms with Gasteiger partial charge in [0.2, 0.25) is 0 Å². The first-order valence-corrected chi connectivity index (χ1v) is 7.03. The third-order valence-electron chi connectivity index (χ3n) is 3.66. The first-order valence-electron chi connectivity index (χ1n) is 7.03. The van der Waals surface area contributed by atoms with Crippen molar-refractivity contribution in [3.8, 4) is 5.75 Å². The van der Waals surface area contributed by atoms with E-state index >= 15 is 0 Å². The minimum atomic E-state index is -1.85. The first kappa shape index (κ1) is 16.6. The molecule has 0 aromatic heterocycles. The molecule has 24 heavy (non-hydrogen) atoms. The fraction of sp³-hybridized carbons (Fsp3) is 0.429. The van der Waals surface area contributed by atoms with E-state index in [2.05, 4.69) is 5.32 Å². The summed E-state index contributed by atoms with van der Waals surface area (Å²) in [6.07, 6.45) is -10.5. The predicted octanol–water partition coefficient (Wildman–Crippen LogP) is -1.75. The van der Waals surface area contributed by atoms with Gasteiger partial charge in [0.15, 0.2) is 12.4 Å². The van der Waals surface area contributed by atoms with Crippen LogP contribution in [-0.4, -0.2) is 69.3 Å². The van der Waals surface area contributed by atoms with E-state index in [0.29, 0.717) is 11.4 Å². The average Bonchev–Trinajstić information content (AvgIpc) is 2.55. The molecule has 5 N–H and O–H groups in total. The molecule has 3 rings (SSSR count). The number of carbonyl (C=O) groups is 2. The average molecular weight is 341 g/mol. The number of carboxylic acid groups (broad SMARTS) is 1.